The highest BCUT2D eigenvalue weighted by Gasteiger charge is 2.20. The molecule has 0 radical (unpaired) electrons. The van der Waals surface area contributed by atoms with Crippen LogP contribution in [0.1, 0.15) is 25.0 Å². The van der Waals surface area contributed by atoms with Gasteiger partial charge in [-0.1, -0.05) is 55.8 Å². The number of aromatic nitrogens is 5. The summed E-state index contributed by atoms with van der Waals surface area (Å²) in [6.07, 6.45) is 1.65. The maximum Gasteiger partial charge on any atom is 0.265 e. The Hall–Kier alpha value is -3.54. The number of benzene rings is 2. The zero-order chi connectivity index (χ0) is 20.8. The summed E-state index contributed by atoms with van der Waals surface area (Å²) >= 11 is 0. The molecule has 0 spiro atoms. The highest BCUT2D eigenvalue weighted by atomic mass is 16.1. The Balaban J connectivity index is 1.83. The summed E-state index contributed by atoms with van der Waals surface area (Å²) in [5, 5.41) is 0.540. The van der Waals surface area contributed by atoms with Crippen LogP contribution in [0.2, 0.25) is 0 Å². The summed E-state index contributed by atoms with van der Waals surface area (Å²) in [5.74, 6) is 0.342. The van der Waals surface area contributed by atoms with E-state index in [9.17, 15) is 4.79 Å². The van der Waals surface area contributed by atoms with Gasteiger partial charge in [0.2, 0.25) is 0 Å². The monoisotopic (exact) mass is 397 g/mol. The van der Waals surface area contributed by atoms with Gasteiger partial charge in [0.25, 0.3) is 5.56 Å². The fraction of sp³-hybridized carbons (Fsp3) is 0.250. The lowest BCUT2D eigenvalue weighted by Crippen LogP contribution is -2.23. The van der Waals surface area contributed by atoms with Gasteiger partial charge in [-0.25, -0.2) is 15.0 Å². The molecule has 0 atom stereocenters. The largest absolute Gasteiger partial charge is 0.304 e. The molecule has 0 bridgehead atoms. The zero-order valence-corrected chi connectivity index (χ0v) is 17.3. The van der Waals surface area contributed by atoms with Crippen molar-refractivity contribution in [1.82, 2.24) is 24.1 Å². The molecular weight excluding hydrogens is 374 g/mol. The molecule has 0 fully saturated rings. The predicted molar refractivity (Wildman–Crippen MR) is 120 cm³/mol. The molecule has 0 unspecified atom stereocenters. The smallest absolute Gasteiger partial charge is 0.265 e. The Morgan fingerprint density at radius 2 is 1.63 bits per heavy atom. The average Bonchev–Trinajstić information content (AvgIpc) is 3.03. The Bertz CT molecular complexity index is 1440. The van der Waals surface area contributed by atoms with E-state index in [2.05, 4.69) is 50.0 Å². The normalized spacial score (nSPS) is 11.9. The van der Waals surface area contributed by atoms with E-state index < -0.39 is 0 Å². The maximum atomic E-state index is 13.4. The van der Waals surface area contributed by atoms with Crippen molar-refractivity contribution >= 4 is 33.2 Å². The van der Waals surface area contributed by atoms with E-state index in [0.29, 0.717) is 41.2 Å². The van der Waals surface area contributed by atoms with Crippen molar-refractivity contribution < 1.29 is 0 Å². The molecule has 0 aliphatic heterocycles. The van der Waals surface area contributed by atoms with Gasteiger partial charge in [0.05, 0.1) is 23.9 Å². The van der Waals surface area contributed by atoms with Crippen molar-refractivity contribution in [2.45, 2.75) is 33.9 Å². The SMILES string of the molecule is Cc1ccc(Cn2c3nc4ccccc4nc3c3c(=O)n(CC(C)C)cnc32)cc1. The third kappa shape index (κ3) is 3.05. The second-order valence-electron chi connectivity index (χ2n) is 8.25. The molecule has 3 aromatic heterocycles. The first-order valence-corrected chi connectivity index (χ1v) is 10.2. The molecule has 5 aromatic rings. The number of aryl methyl sites for hydroxylation is 1. The lowest BCUT2D eigenvalue weighted by molar-refractivity contribution is 0.508. The fourth-order valence-corrected chi connectivity index (χ4v) is 3.89. The minimum absolute atomic E-state index is 0.0639. The van der Waals surface area contributed by atoms with Crippen LogP contribution >= 0.6 is 0 Å². The van der Waals surface area contributed by atoms with Crippen LogP contribution in [0.3, 0.4) is 0 Å². The second kappa shape index (κ2) is 7.06. The van der Waals surface area contributed by atoms with Crippen LogP contribution in [0, 0.1) is 12.8 Å². The number of nitrogens with zero attached hydrogens (tertiary/aromatic N) is 5. The molecule has 5 rings (SSSR count). The van der Waals surface area contributed by atoms with Gasteiger partial charge in [0, 0.05) is 6.54 Å². The van der Waals surface area contributed by atoms with E-state index in [1.54, 1.807) is 10.9 Å². The standard InChI is InChI=1S/C24H23N5O/c1-15(2)12-28-14-25-22-20(24(28)30)21-23(27-19-7-5-4-6-18(19)26-21)29(22)13-17-10-8-16(3)9-11-17/h4-11,14-15H,12-13H2,1-3H3. The Morgan fingerprint density at radius 3 is 2.33 bits per heavy atom. The highest BCUT2D eigenvalue weighted by molar-refractivity contribution is 6.04. The summed E-state index contributed by atoms with van der Waals surface area (Å²) in [4.78, 5) is 27.7. The molecule has 150 valence electrons. The van der Waals surface area contributed by atoms with Crippen LogP contribution in [0.15, 0.2) is 59.7 Å². The first-order chi connectivity index (χ1) is 14.5. The first kappa shape index (κ1) is 18.5. The summed E-state index contributed by atoms with van der Waals surface area (Å²) in [6, 6.07) is 16.1. The molecule has 0 aliphatic rings. The van der Waals surface area contributed by atoms with Gasteiger partial charge >= 0.3 is 0 Å². The topological polar surface area (TPSA) is 65.6 Å². The van der Waals surface area contributed by atoms with Gasteiger partial charge in [-0.05, 0) is 30.5 Å². The Labute approximate surface area is 173 Å². The average molecular weight is 397 g/mol. The molecule has 3 heterocycles. The van der Waals surface area contributed by atoms with Crippen molar-refractivity contribution in [3.05, 3.63) is 76.3 Å². The van der Waals surface area contributed by atoms with Crippen LogP contribution < -0.4 is 5.56 Å². The van der Waals surface area contributed by atoms with Crippen LogP contribution in [0.5, 0.6) is 0 Å². The van der Waals surface area contributed by atoms with Crippen LogP contribution in [-0.4, -0.2) is 24.1 Å². The van der Waals surface area contributed by atoms with Crippen molar-refractivity contribution in [1.29, 1.82) is 0 Å². The number of rotatable bonds is 4. The van der Waals surface area contributed by atoms with E-state index in [-0.39, 0.29) is 5.56 Å². The third-order valence-corrected chi connectivity index (χ3v) is 5.34. The quantitative estimate of drug-likeness (QED) is 0.453. The Morgan fingerprint density at radius 1 is 0.933 bits per heavy atom. The summed E-state index contributed by atoms with van der Waals surface area (Å²) in [5.41, 5.74) is 5.79. The molecule has 2 aromatic carbocycles. The minimum atomic E-state index is -0.0639. The third-order valence-electron chi connectivity index (χ3n) is 5.34. The molecule has 6 nitrogen and oxygen atoms in total. The first-order valence-electron chi connectivity index (χ1n) is 10.2. The zero-order valence-electron chi connectivity index (χ0n) is 17.3. The predicted octanol–water partition coefficient (Wildman–Crippen LogP) is 4.31. The van der Waals surface area contributed by atoms with Crippen molar-refractivity contribution in [2.24, 2.45) is 5.92 Å². The van der Waals surface area contributed by atoms with E-state index in [1.165, 1.54) is 5.56 Å². The molecule has 0 aliphatic carbocycles. The van der Waals surface area contributed by atoms with Gasteiger partial charge in [0.15, 0.2) is 11.3 Å². The molecule has 0 saturated heterocycles. The van der Waals surface area contributed by atoms with Gasteiger partial charge in [-0.15, -0.1) is 0 Å². The lowest BCUT2D eigenvalue weighted by Gasteiger charge is -2.09. The van der Waals surface area contributed by atoms with E-state index >= 15 is 0 Å². The molecule has 30 heavy (non-hydrogen) atoms. The van der Waals surface area contributed by atoms with Gasteiger partial charge < -0.3 is 4.57 Å². The Kier molecular flexibility index (Phi) is 4.35. The van der Waals surface area contributed by atoms with Crippen LogP contribution in [-0.2, 0) is 13.1 Å². The highest BCUT2D eigenvalue weighted by Crippen LogP contribution is 2.26. The van der Waals surface area contributed by atoms with Crippen molar-refractivity contribution in [3.8, 4) is 0 Å². The number of hydrogen-bond acceptors (Lipinski definition) is 4. The lowest BCUT2D eigenvalue weighted by atomic mass is 10.1. The number of hydrogen-bond donors (Lipinski definition) is 0. The van der Waals surface area contributed by atoms with E-state index in [4.69, 9.17) is 9.97 Å². The van der Waals surface area contributed by atoms with Crippen LogP contribution in [0.25, 0.3) is 33.2 Å². The van der Waals surface area contributed by atoms with Gasteiger partial charge in [0.1, 0.15) is 10.9 Å². The van der Waals surface area contributed by atoms with E-state index in [0.717, 1.165) is 16.6 Å². The molecular formula is C24H23N5O. The van der Waals surface area contributed by atoms with Gasteiger partial charge in [-0.2, -0.15) is 0 Å². The minimum Gasteiger partial charge on any atom is -0.304 e. The molecule has 0 N–H and O–H groups in total. The van der Waals surface area contributed by atoms with Crippen molar-refractivity contribution in [2.75, 3.05) is 0 Å². The molecule has 0 amide bonds. The molecule has 0 saturated carbocycles. The molecule has 6 heteroatoms. The maximum absolute atomic E-state index is 13.4. The van der Waals surface area contributed by atoms with Crippen LogP contribution in [0.4, 0.5) is 0 Å². The van der Waals surface area contributed by atoms with E-state index in [1.807, 2.05) is 28.8 Å². The van der Waals surface area contributed by atoms with Gasteiger partial charge in [-0.3, -0.25) is 9.36 Å². The number of fused-ring (bicyclic) bond motifs is 4. The second-order valence-corrected chi connectivity index (χ2v) is 8.25. The fourth-order valence-electron chi connectivity index (χ4n) is 3.89. The number of para-hydroxylation sites is 2. The summed E-state index contributed by atoms with van der Waals surface area (Å²) in [6.45, 7) is 7.44. The van der Waals surface area contributed by atoms with Crippen molar-refractivity contribution in [3.63, 3.8) is 0 Å². The summed E-state index contributed by atoms with van der Waals surface area (Å²) < 4.78 is 3.69. The summed E-state index contributed by atoms with van der Waals surface area (Å²) in [7, 11) is 0.